The molecule has 1 aliphatic heterocycles. The van der Waals surface area contributed by atoms with E-state index in [9.17, 15) is 4.79 Å². The monoisotopic (exact) mass is 380 g/mol. The summed E-state index contributed by atoms with van der Waals surface area (Å²) in [4.78, 5) is 19.8. The van der Waals surface area contributed by atoms with Crippen LogP contribution in [0.4, 0.5) is 5.69 Å². The van der Waals surface area contributed by atoms with Crippen molar-refractivity contribution in [3.63, 3.8) is 0 Å². The van der Waals surface area contributed by atoms with E-state index in [0.717, 1.165) is 49.3 Å². The maximum Gasteiger partial charge on any atom is 0.182 e. The average molecular weight is 380 g/mol. The van der Waals surface area contributed by atoms with Gasteiger partial charge in [0.2, 0.25) is 0 Å². The van der Waals surface area contributed by atoms with E-state index < -0.39 is 0 Å². The van der Waals surface area contributed by atoms with Gasteiger partial charge in [0, 0.05) is 24.6 Å². The molecule has 0 unspecified atom stereocenters. The Labute approximate surface area is 167 Å². The smallest absolute Gasteiger partial charge is 0.182 e. The second kappa shape index (κ2) is 9.40. The van der Waals surface area contributed by atoms with Crippen LogP contribution in [-0.4, -0.2) is 38.9 Å². The Bertz CT molecular complexity index is 843. The fourth-order valence-electron chi connectivity index (χ4n) is 3.38. The summed E-state index contributed by atoms with van der Waals surface area (Å²) < 4.78 is 10.9. The molecule has 0 N–H and O–H groups in total. The summed E-state index contributed by atoms with van der Waals surface area (Å²) in [5, 5.41) is 0. The van der Waals surface area contributed by atoms with Gasteiger partial charge in [-0.25, -0.2) is 0 Å². The highest BCUT2D eigenvalue weighted by molar-refractivity contribution is 6.08. The van der Waals surface area contributed by atoms with Crippen molar-refractivity contribution in [3.05, 3.63) is 53.6 Å². The van der Waals surface area contributed by atoms with Gasteiger partial charge in [0.1, 0.15) is 17.3 Å². The summed E-state index contributed by atoms with van der Waals surface area (Å²) in [6.45, 7) is 3.04. The van der Waals surface area contributed by atoms with Crippen LogP contribution in [0.1, 0.15) is 41.6 Å². The Kier molecular flexibility index (Phi) is 6.69. The zero-order valence-corrected chi connectivity index (χ0v) is 16.9. The van der Waals surface area contributed by atoms with Gasteiger partial charge in [0.05, 0.1) is 26.5 Å². The van der Waals surface area contributed by atoms with Crippen LogP contribution in [0.5, 0.6) is 11.5 Å². The summed E-state index contributed by atoms with van der Waals surface area (Å²) in [5.41, 5.74) is 2.68. The van der Waals surface area contributed by atoms with Gasteiger partial charge in [-0.05, 0) is 31.9 Å². The van der Waals surface area contributed by atoms with Crippen molar-refractivity contribution in [3.8, 4) is 11.5 Å². The number of nitrogens with zero attached hydrogens (tertiary/aromatic N) is 2. The van der Waals surface area contributed by atoms with Gasteiger partial charge in [0.15, 0.2) is 5.78 Å². The third-order valence-electron chi connectivity index (χ3n) is 5.02. The molecule has 148 valence electrons. The molecule has 0 radical (unpaired) electrons. The van der Waals surface area contributed by atoms with Crippen LogP contribution < -0.4 is 14.4 Å². The summed E-state index contributed by atoms with van der Waals surface area (Å²) in [5.74, 6) is 2.39. The minimum absolute atomic E-state index is 0.0600. The number of aryl methyl sites for hydroxylation is 1. The predicted octanol–water partition coefficient (Wildman–Crippen LogP) is 4.67. The van der Waals surface area contributed by atoms with Gasteiger partial charge in [-0.1, -0.05) is 36.2 Å². The van der Waals surface area contributed by atoms with Crippen LogP contribution in [0.2, 0.25) is 0 Å². The molecule has 0 saturated carbocycles. The molecular weight excluding hydrogens is 352 g/mol. The standard InChI is InChI=1S/C23H28N2O3/c1-17-8-10-18(11-9-17)21(26)16-25(23-7-5-4-6-14-24-23)20-13-12-19(27-2)15-22(20)28-3/h8-13,15H,4-7,14,16H2,1-3H3. The minimum atomic E-state index is 0.0600. The van der Waals surface area contributed by atoms with E-state index in [1.165, 1.54) is 0 Å². The van der Waals surface area contributed by atoms with Gasteiger partial charge in [0.25, 0.3) is 0 Å². The molecular formula is C23H28N2O3. The van der Waals surface area contributed by atoms with Gasteiger partial charge in [-0.2, -0.15) is 0 Å². The summed E-state index contributed by atoms with van der Waals surface area (Å²) in [7, 11) is 3.26. The highest BCUT2D eigenvalue weighted by atomic mass is 16.5. The number of benzene rings is 2. The topological polar surface area (TPSA) is 51.1 Å². The largest absolute Gasteiger partial charge is 0.497 e. The molecule has 3 rings (SSSR count). The lowest BCUT2D eigenvalue weighted by atomic mass is 10.1. The number of amidine groups is 1. The molecule has 2 aromatic carbocycles. The number of anilines is 1. The number of methoxy groups -OCH3 is 2. The van der Waals surface area contributed by atoms with Crippen LogP contribution in [0.3, 0.4) is 0 Å². The quantitative estimate of drug-likeness (QED) is 0.683. The Morgan fingerprint density at radius 1 is 1.04 bits per heavy atom. The molecule has 0 atom stereocenters. The summed E-state index contributed by atoms with van der Waals surface area (Å²) in [6.07, 6.45) is 4.18. The lowest BCUT2D eigenvalue weighted by Crippen LogP contribution is -2.36. The number of carbonyl (C=O) groups excluding carboxylic acids is 1. The Hall–Kier alpha value is -2.82. The lowest BCUT2D eigenvalue weighted by Gasteiger charge is -2.27. The van der Waals surface area contributed by atoms with Crippen LogP contribution in [0.25, 0.3) is 0 Å². The van der Waals surface area contributed by atoms with E-state index in [4.69, 9.17) is 14.5 Å². The molecule has 0 aliphatic carbocycles. The van der Waals surface area contributed by atoms with Gasteiger partial charge in [-0.3, -0.25) is 9.79 Å². The molecule has 1 aliphatic rings. The zero-order chi connectivity index (χ0) is 19.9. The lowest BCUT2D eigenvalue weighted by molar-refractivity contribution is 0.100. The second-order valence-corrected chi connectivity index (χ2v) is 7.02. The van der Waals surface area contributed by atoms with Crippen LogP contribution >= 0.6 is 0 Å². The predicted molar refractivity (Wildman–Crippen MR) is 113 cm³/mol. The van der Waals surface area contributed by atoms with Crippen molar-refractivity contribution in [1.82, 2.24) is 0 Å². The van der Waals surface area contributed by atoms with E-state index in [1.54, 1.807) is 14.2 Å². The SMILES string of the molecule is COc1ccc(N(CC(=O)c2ccc(C)cc2)C2=NCCCCC2)c(OC)c1. The molecule has 5 heteroatoms. The molecule has 0 bridgehead atoms. The second-order valence-electron chi connectivity index (χ2n) is 7.02. The van der Waals surface area contributed by atoms with E-state index in [1.807, 2.05) is 54.3 Å². The maximum absolute atomic E-state index is 13.0. The normalized spacial score (nSPS) is 14.0. The first-order valence-electron chi connectivity index (χ1n) is 9.75. The molecule has 0 aromatic heterocycles. The Morgan fingerprint density at radius 3 is 2.54 bits per heavy atom. The highest BCUT2D eigenvalue weighted by Crippen LogP contribution is 2.33. The third-order valence-corrected chi connectivity index (χ3v) is 5.02. The number of hydrogen-bond acceptors (Lipinski definition) is 5. The van der Waals surface area contributed by atoms with E-state index in [-0.39, 0.29) is 12.3 Å². The fraction of sp³-hybridized carbons (Fsp3) is 0.391. The first-order chi connectivity index (χ1) is 13.6. The van der Waals surface area contributed by atoms with Gasteiger partial charge >= 0.3 is 0 Å². The molecule has 0 spiro atoms. The fourth-order valence-corrected chi connectivity index (χ4v) is 3.38. The number of Topliss-reactive ketones (excluding diaryl/α,β-unsaturated/α-hetero) is 1. The first-order valence-corrected chi connectivity index (χ1v) is 9.75. The van der Waals surface area contributed by atoms with E-state index in [2.05, 4.69) is 0 Å². The molecule has 28 heavy (non-hydrogen) atoms. The van der Waals surface area contributed by atoms with Gasteiger partial charge < -0.3 is 14.4 Å². The van der Waals surface area contributed by atoms with Crippen molar-refractivity contribution in [2.75, 3.05) is 32.2 Å². The summed E-state index contributed by atoms with van der Waals surface area (Å²) >= 11 is 0. The van der Waals surface area contributed by atoms with E-state index in [0.29, 0.717) is 17.1 Å². The van der Waals surface area contributed by atoms with Crippen molar-refractivity contribution in [1.29, 1.82) is 0 Å². The number of ether oxygens (including phenoxy) is 2. The molecule has 0 fully saturated rings. The van der Waals surface area contributed by atoms with Crippen LogP contribution in [0, 0.1) is 6.92 Å². The van der Waals surface area contributed by atoms with Crippen molar-refractivity contribution in [2.45, 2.75) is 32.6 Å². The zero-order valence-electron chi connectivity index (χ0n) is 16.9. The number of rotatable bonds is 6. The van der Waals surface area contributed by atoms with Gasteiger partial charge in [-0.15, -0.1) is 0 Å². The minimum Gasteiger partial charge on any atom is -0.497 e. The molecule has 5 nitrogen and oxygen atoms in total. The van der Waals surface area contributed by atoms with Crippen LogP contribution in [0.15, 0.2) is 47.5 Å². The van der Waals surface area contributed by atoms with Crippen LogP contribution in [-0.2, 0) is 0 Å². The summed E-state index contributed by atoms with van der Waals surface area (Å²) in [6, 6.07) is 13.4. The van der Waals surface area contributed by atoms with Crippen molar-refractivity contribution < 1.29 is 14.3 Å². The third kappa shape index (κ3) is 4.71. The Morgan fingerprint density at radius 2 is 1.82 bits per heavy atom. The number of aliphatic imine (C=N–C) groups is 1. The molecule has 0 saturated heterocycles. The maximum atomic E-state index is 13.0. The molecule has 2 aromatic rings. The Balaban J connectivity index is 1.96. The number of ketones is 1. The molecule has 0 amide bonds. The highest BCUT2D eigenvalue weighted by Gasteiger charge is 2.22. The van der Waals surface area contributed by atoms with Crippen molar-refractivity contribution >= 4 is 17.3 Å². The average Bonchev–Trinajstić information content (AvgIpc) is 3.01. The van der Waals surface area contributed by atoms with Crippen molar-refractivity contribution in [2.24, 2.45) is 4.99 Å². The number of carbonyl (C=O) groups is 1. The first kappa shape index (κ1) is 19.9. The molecule has 1 heterocycles. The van der Waals surface area contributed by atoms with E-state index >= 15 is 0 Å². The number of hydrogen-bond donors (Lipinski definition) is 0.